The Kier molecular flexibility index (Phi) is 5.63. The van der Waals surface area contributed by atoms with Crippen LogP contribution in [0.15, 0.2) is 49.1 Å². The van der Waals surface area contributed by atoms with E-state index in [9.17, 15) is 4.79 Å². The summed E-state index contributed by atoms with van der Waals surface area (Å²) in [5.41, 5.74) is 1.42. The van der Waals surface area contributed by atoms with Gasteiger partial charge in [-0.25, -0.2) is 0 Å². The van der Waals surface area contributed by atoms with E-state index in [0.717, 1.165) is 11.3 Å². The summed E-state index contributed by atoms with van der Waals surface area (Å²) in [5.74, 6) is 2.29. The fourth-order valence-corrected chi connectivity index (χ4v) is 2.56. The maximum Gasteiger partial charge on any atom is 0.251 e. The molecule has 0 saturated heterocycles. The van der Waals surface area contributed by atoms with E-state index in [0.29, 0.717) is 49.2 Å². The molecule has 1 aliphatic rings. The number of ether oxygens (including phenoxy) is 4. The molecule has 6 heteroatoms. The predicted molar refractivity (Wildman–Crippen MR) is 97.3 cm³/mol. The van der Waals surface area contributed by atoms with Crippen molar-refractivity contribution >= 4 is 5.91 Å². The number of hydrogen-bond acceptors (Lipinski definition) is 5. The van der Waals surface area contributed by atoms with Crippen molar-refractivity contribution in [3.05, 3.63) is 60.2 Å². The Morgan fingerprint density at radius 3 is 2.73 bits per heavy atom. The van der Waals surface area contributed by atoms with E-state index in [-0.39, 0.29) is 5.91 Å². The number of carbonyl (C=O) groups is 1. The first-order valence-electron chi connectivity index (χ1n) is 8.29. The highest BCUT2D eigenvalue weighted by Gasteiger charge is 2.14. The van der Waals surface area contributed by atoms with E-state index >= 15 is 0 Å². The summed E-state index contributed by atoms with van der Waals surface area (Å²) in [4.78, 5) is 12.4. The van der Waals surface area contributed by atoms with Gasteiger partial charge in [-0.05, 0) is 35.9 Å². The summed E-state index contributed by atoms with van der Waals surface area (Å²) in [6.07, 6.45) is 1.65. The minimum absolute atomic E-state index is 0.201. The van der Waals surface area contributed by atoms with Crippen molar-refractivity contribution < 1.29 is 23.7 Å². The lowest BCUT2D eigenvalue weighted by Gasteiger charge is -2.19. The number of benzene rings is 2. The quantitative estimate of drug-likeness (QED) is 0.774. The Morgan fingerprint density at radius 2 is 1.96 bits per heavy atom. The van der Waals surface area contributed by atoms with E-state index < -0.39 is 0 Å². The molecule has 0 bridgehead atoms. The summed E-state index contributed by atoms with van der Waals surface area (Å²) in [6, 6.07) is 10.7. The van der Waals surface area contributed by atoms with E-state index in [1.807, 2.05) is 18.2 Å². The Morgan fingerprint density at radius 1 is 1.15 bits per heavy atom. The molecular weight excluding hydrogens is 334 g/mol. The smallest absolute Gasteiger partial charge is 0.251 e. The van der Waals surface area contributed by atoms with Gasteiger partial charge in [0.25, 0.3) is 5.91 Å². The molecular formula is C20H21NO5. The number of amides is 1. The SMILES string of the molecule is C=CCOc1ccc(C(=O)NCc2ccc3c(c2)OCCO3)cc1OC. The van der Waals surface area contributed by atoms with Crippen LogP contribution >= 0.6 is 0 Å². The first-order valence-corrected chi connectivity index (χ1v) is 8.29. The highest BCUT2D eigenvalue weighted by molar-refractivity contribution is 5.94. The third-order valence-corrected chi connectivity index (χ3v) is 3.84. The van der Waals surface area contributed by atoms with Gasteiger partial charge < -0.3 is 24.3 Å². The van der Waals surface area contributed by atoms with Crippen molar-refractivity contribution in [2.24, 2.45) is 0 Å². The fraction of sp³-hybridized carbons (Fsp3) is 0.250. The summed E-state index contributed by atoms with van der Waals surface area (Å²) >= 11 is 0. The zero-order valence-electron chi connectivity index (χ0n) is 14.6. The largest absolute Gasteiger partial charge is 0.493 e. The zero-order chi connectivity index (χ0) is 18.4. The third-order valence-electron chi connectivity index (χ3n) is 3.84. The predicted octanol–water partition coefficient (Wildman–Crippen LogP) is 2.96. The second kappa shape index (κ2) is 8.29. The Balaban J connectivity index is 1.65. The van der Waals surface area contributed by atoms with Crippen LogP contribution in [0.3, 0.4) is 0 Å². The van der Waals surface area contributed by atoms with Crippen LogP contribution in [0.2, 0.25) is 0 Å². The highest BCUT2D eigenvalue weighted by Crippen LogP contribution is 2.31. The van der Waals surface area contributed by atoms with Gasteiger partial charge in [-0.2, -0.15) is 0 Å². The van der Waals surface area contributed by atoms with E-state index in [1.165, 1.54) is 7.11 Å². The number of nitrogens with one attached hydrogen (secondary N) is 1. The maximum atomic E-state index is 12.4. The van der Waals surface area contributed by atoms with E-state index in [2.05, 4.69) is 11.9 Å². The molecule has 3 rings (SSSR count). The molecule has 0 saturated carbocycles. The Hall–Kier alpha value is -3.15. The van der Waals surface area contributed by atoms with Crippen LogP contribution in [0.1, 0.15) is 15.9 Å². The van der Waals surface area contributed by atoms with Gasteiger partial charge in [0.2, 0.25) is 0 Å². The topological polar surface area (TPSA) is 66.0 Å². The van der Waals surface area contributed by atoms with E-state index in [4.69, 9.17) is 18.9 Å². The van der Waals surface area contributed by atoms with Crippen molar-refractivity contribution in [3.63, 3.8) is 0 Å². The van der Waals surface area contributed by atoms with Crippen LogP contribution in [0.25, 0.3) is 0 Å². The van der Waals surface area contributed by atoms with Crippen LogP contribution in [0.5, 0.6) is 23.0 Å². The lowest BCUT2D eigenvalue weighted by molar-refractivity contribution is 0.0950. The monoisotopic (exact) mass is 355 g/mol. The normalized spacial score (nSPS) is 12.2. The van der Waals surface area contributed by atoms with Crippen LogP contribution in [0, 0.1) is 0 Å². The van der Waals surface area contributed by atoms with Crippen molar-refractivity contribution in [2.45, 2.75) is 6.54 Å². The molecule has 136 valence electrons. The van der Waals surface area contributed by atoms with Gasteiger partial charge in [0, 0.05) is 12.1 Å². The molecule has 0 unspecified atom stereocenters. The summed E-state index contributed by atoms with van der Waals surface area (Å²) < 4.78 is 21.8. The lowest BCUT2D eigenvalue weighted by Crippen LogP contribution is -2.23. The van der Waals surface area contributed by atoms with Crippen LogP contribution in [0.4, 0.5) is 0 Å². The summed E-state index contributed by atoms with van der Waals surface area (Å²) in [7, 11) is 1.53. The average molecular weight is 355 g/mol. The lowest BCUT2D eigenvalue weighted by atomic mass is 10.1. The third kappa shape index (κ3) is 4.08. The zero-order valence-corrected chi connectivity index (χ0v) is 14.6. The minimum atomic E-state index is -0.201. The molecule has 0 radical (unpaired) electrons. The number of carbonyl (C=O) groups excluding carboxylic acids is 1. The summed E-state index contributed by atoms with van der Waals surface area (Å²) in [5, 5.41) is 2.89. The molecule has 26 heavy (non-hydrogen) atoms. The Labute approximate surface area is 152 Å². The molecule has 6 nitrogen and oxygen atoms in total. The van der Waals surface area contributed by atoms with Crippen molar-refractivity contribution in [2.75, 3.05) is 26.9 Å². The second-order valence-electron chi connectivity index (χ2n) is 5.63. The first-order chi connectivity index (χ1) is 12.7. The molecule has 2 aromatic rings. The standard InChI is InChI=1S/C20H21NO5/c1-3-8-24-16-7-5-15(12-18(16)23-2)20(22)21-13-14-4-6-17-19(11-14)26-10-9-25-17/h3-7,11-12H,1,8-10,13H2,2H3,(H,21,22). The number of methoxy groups -OCH3 is 1. The molecule has 1 amide bonds. The molecule has 1 aliphatic heterocycles. The van der Waals surface area contributed by atoms with Crippen molar-refractivity contribution in [1.29, 1.82) is 0 Å². The van der Waals surface area contributed by atoms with Gasteiger partial charge in [0.05, 0.1) is 7.11 Å². The van der Waals surface area contributed by atoms with Gasteiger partial charge in [-0.3, -0.25) is 4.79 Å². The number of rotatable bonds is 7. The van der Waals surface area contributed by atoms with Gasteiger partial charge in [-0.1, -0.05) is 18.7 Å². The molecule has 0 fully saturated rings. The van der Waals surface area contributed by atoms with Gasteiger partial charge >= 0.3 is 0 Å². The molecule has 0 aromatic heterocycles. The van der Waals surface area contributed by atoms with Crippen molar-refractivity contribution in [1.82, 2.24) is 5.32 Å². The molecule has 2 aromatic carbocycles. The molecule has 0 atom stereocenters. The molecule has 1 heterocycles. The van der Waals surface area contributed by atoms with Gasteiger partial charge in [0.15, 0.2) is 23.0 Å². The average Bonchev–Trinajstić information content (AvgIpc) is 2.70. The minimum Gasteiger partial charge on any atom is -0.493 e. The van der Waals surface area contributed by atoms with Crippen LogP contribution < -0.4 is 24.3 Å². The number of fused-ring (bicyclic) bond motifs is 1. The van der Waals surface area contributed by atoms with Gasteiger partial charge in [0.1, 0.15) is 19.8 Å². The van der Waals surface area contributed by atoms with E-state index in [1.54, 1.807) is 24.3 Å². The van der Waals surface area contributed by atoms with Crippen molar-refractivity contribution in [3.8, 4) is 23.0 Å². The number of hydrogen-bond donors (Lipinski definition) is 1. The highest BCUT2D eigenvalue weighted by atomic mass is 16.6. The summed E-state index contributed by atoms with van der Waals surface area (Å²) in [6.45, 7) is 5.44. The Bertz CT molecular complexity index is 803. The molecule has 0 spiro atoms. The van der Waals surface area contributed by atoms with Crippen LogP contribution in [-0.4, -0.2) is 32.8 Å². The maximum absolute atomic E-state index is 12.4. The van der Waals surface area contributed by atoms with Gasteiger partial charge in [-0.15, -0.1) is 0 Å². The second-order valence-corrected chi connectivity index (χ2v) is 5.63. The first kappa shape index (κ1) is 17.7. The fourth-order valence-electron chi connectivity index (χ4n) is 2.56. The molecule has 0 aliphatic carbocycles. The van der Waals surface area contributed by atoms with Crippen LogP contribution in [-0.2, 0) is 6.54 Å². The molecule has 1 N–H and O–H groups in total.